The molecule has 0 aliphatic heterocycles. The van der Waals surface area contributed by atoms with Crippen molar-refractivity contribution < 1.29 is 23.1 Å². The van der Waals surface area contributed by atoms with E-state index in [0.29, 0.717) is 6.07 Å². The van der Waals surface area contributed by atoms with E-state index < -0.39 is 34.0 Å². The van der Waals surface area contributed by atoms with Crippen LogP contribution in [0.1, 0.15) is 17.3 Å². The Morgan fingerprint density at radius 2 is 1.90 bits per heavy atom. The fourth-order valence-electron chi connectivity index (χ4n) is 1.51. The molecule has 0 radical (unpaired) electrons. The van der Waals surface area contributed by atoms with E-state index in [1.807, 2.05) is 0 Å². The number of halogens is 3. The lowest BCUT2D eigenvalue weighted by Crippen LogP contribution is -2.20. The van der Waals surface area contributed by atoms with Crippen LogP contribution in [0.25, 0.3) is 0 Å². The molecule has 114 valence electrons. The van der Waals surface area contributed by atoms with E-state index in [9.17, 15) is 18.4 Å². The highest BCUT2D eigenvalue weighted by Gasteiger charge is 2.25. The monoisotopic (exact) mass is 317 g/mol. The zero-order valence-electron chi connectivity index (χ0n) is 11.7. The predicted octanol–water partition coefficient (Wildman–Crippen LogP) is 2.81. The summed E-state index contributed by atoms with van der Waals surface area (Å²) in [5.74, 6) is -3.91. The van der Waals surface area contributed by atoms with E-state index in [-0.39, 0.29) is 12.2 Å². The van der Waals surface area contributed by atoms with Crippen LogP contribution in [0.2, 0.25) is 5.02 Å². The van der Waals surface area contributed by atoms with Gasteiger partial charge in [0.05, 0.1) is 17.2 Å². The fraction of sp³-hybridized carbons (Fsp3) is 0.286. The van der Waals surface area contributed by atoms with E-state index in [1.165, 1.54) is 11.1 Å². The Morgan fingerprint density at radius 1 is 1.29 bits per heavy atom. The lowest BCUT2D eigenvalue weighted by Gasteiger charge is -2.11. The molecule has 0 aromatic heterocycles. The first-order chi connectivity index (χ1) is 9.77. The average Bonchev–Trinajstić information content (AvgIpc) is 2.39. The number of hydrogen-bond acceptors (Lipinski definition) is 4. The summed E-state index contributed by atoms with van der Waals surface area (Å²) in [4.78, 5) is 25.5. The van der Waals surface area contributed by atoms with Crippen molar-refractivity contribution in [1.82, 2.24) is 4.90 Å². The minimum absolute atomic E-state index is 0.0591. The summed E-state index contributed by atoms with van der Waals surface area (Å²) in [5, 5.41) is -0.409. The van der Waals surface area contributed by atoms with Crippen LogP contribution in [-0.2, 0) is 9.53 Å². The molecule has 7 heteroatoms. The van der Waals surface area contributed by atoms with Gasteiger partial charge in [0.15, 0.2) is 0 Å². The number of ether oxygens (including phenoxy) is 1. The number of esters is 1. The number of Topliss-reactive ketones (excluding diaryl/α,β-unsaturated/α-hetero) is 1. The first-order valence-electron chi connectivity index (χ1n) is 6.02. The molecule has 0 heterocycles. The second-order valence-corrected chi connectivity index (χ2v) is 4.71. The highest BCUT2D eigenvalue weighted by atomic mass is 35.5. The molecule has 0 aliphatic carbocycles. The smallest absolute Gasteiger partial charge is 0.343 e. The van der Waals surface area contributed by atoms with Crippen LogP contribution in [0.3, 0.4) is 0 Å². The Morgan fingerprint density at radius 3 is 2.43 bits per heavy atom. The molecule has 0 saturated carbocycles. The molecular weight excluding hydrogens is 304 g/mol. The normalized spacial score (nSPS) is 11.2. The lowest BCUT2D eigenvalue weighted by atomic mass is 10.0. The summed E-state index contributed by atoms with van der Waals surface area (Å²) in [7, 11) is 3.17. The van der Waals surface area contributed by atoms with Gasteiger partial charge in [0.2, 0.25) is 5.78 Å². The molecule has 0 unspecified atom stereocenters. The predicted molar refractivity (Wildman–Crippen MR) is 74.1 cm³/mol. The van der Waals surface area contributed by atoms with Gasteiger partial charge in [-0.3, -0.25) is 4.79 Å². The third kappa shape index (κ3) is 4.26. The second-order valence-electron chi connectivity index (χ2n) is 4.30. The molecule has 0 spiro atoms. The minimum Gasteiger partial charge on any atom is -0.462 e. The molecule has 0 bridgehead atoms. The molecule has 0 atom stereocenters. The lowest BCUT2D eigenvalue weighted by molar-refractivity contribution is -0.138. The van der Waals surface area contributed by atoms with E-state index in [1.54, 1.807) is 21.0 Å². The average molecular weight is 318 g/mol. The highest BCUT2D eigenvalue weighted by Crippen LogP contribution is 2.22. The zero-order valence-corrected chi connectivity index (χ0v) is 12.5. The first kappa shape index (κ1) is 17.1. The molecule has 0 aliphatic rings. The summed E-state index contributed by atoms with van der Waals surface area (Å²) in [6, 6.07) is 1.34. The molecule has 1 aromatic rings. The number of ketones is 1. The van der Waals surface area contributed by atoms with Crippen molar-refractivity contribution in [3.63, 3.8) is 0 Å². The molecule has 0 N–H and O–H groups in total. The highest BCUT2D eigenvalue weighted by molar-refractivity contribution is 6.32. The third-order valence-electron chi connectivity index (χ3n) is 2.38. The van der Waals surface area contributed by atoms with Gasteiger partial charge in [-0.1, -0.05) is 11.6 Å². The van der Waals surface area contributed by atoms with Gasteiger partial charge in [0.1, 0.15) is 17.2 Å². The maximum Gasteiger partial charge on any atom is 0.343 e. The number of carbonyl (C=O) groups is 2. The van der Waals surface area contributed by atoms with Gasteiger partial charge in [-0.15, -0.1) is 0 Å². The van der Waals surface area contributed by atoms with Crippen LogP contribution in [0.4, 0.5) is 8.78 Å². The molecule has 0 fully saturated rings. The van der Waals surface area contributed by atoms with Crippen molar-refractivity contribution in [2.24, 2.45) is 0 Å². The van der Waals surface area contributed by atoms with Crippen LogP contribution in [-0.4, -0.2) is 37.4 Å². The first-order valence-corrected chi connectivity index (χ1v) is 6.40. The van der Waals surface area contributed by atoms with Crippen LogP contribution in [0.15, 0.2) is 23.9 Å². The maximum atomic E-state index is 13.7. The summed E-state index contributed by atoms with van der Waals surface area (Å²) in [6.45, 7) is 1.63. The molecule has 1 rings (SSSR count). The van der Waals surface area contributed by atoms with Crippen LogP contribution < -0.4 is 0 Å². The van der Waals surface area contributed by atoms with Gasteiger partial charge in [-0.25, -0.2) is 13.6 Å². The van der Waals surface area contributed by atoms with E-state index in [4.69, 9.17) is 16.3 Å². The molecule has 0 saturated heterocycles. The van der Waals surface area contributed by atoms with Crippen molar-refractivity contribution in [2.75, 3.05) is 20.7 Å². The molecular formula is C14H14ClF2NO3. The van der Waals surface area contributed by atoms with Crippen molar-refractivity contribution >= 4 is 23.4 Å². The summed E-state index contributed by atoms with van der Waals surface area (Å²) < 4.78 is 31.6. The summed E-state index contributed by atoms with van der Waals surface area (Å²) in [6.07, 6.45) is 1.21. The zero-order chi connectivity index (χ0) is 16.2. The SMILES string of the molecule is CCOC(=O)/C(=C\N(C)C)C(=O)c1cc(Cl)c(F)cc1F. The van der Waals surface area contributed by atoms with E-state index >= 15 is 0 Å². The molecule has 0 amide bonds. The van der Waals surface area contributed by atoms with Gasteiger partial charge in [0, 0.05) is 26.4 Å². The number of benzene rings is 1. The molecule has 4 nitrogen and oxygen atoms in total. The van der Waals surface area contributed by atoms with Crippen molar-refractivity contribution in [1.29, 1.82) is 0 Å². The Bertz CT molecular complexity index is 600. The second kappa shape index (κ2) is 7.17. The number of carbonyl (C=O) groups excluding carboxylic acids is 2. The number of hydrogen-bond donors (Lipinski definition) is 0. The fourth-order valence-corrected chi connectivity index (χ4v) is 1.68. The topological polar surface area (TPSA) is 46.6 Å². The number of nitrogens with zero attached hydrogens (tertiary/aromatic N) is 1. The van der Waals surface area contributed by atoms with Crippen molar-refractivity contribution in [3.05, 3.63) is 46.1 Å². The van der Waals surface area contributed by atoms with E-state index in [2.05, 4.69) is 0 Å². The molecule has 21 heavy (non-hydrogen) atoms. The largest absolute Gasteiger partial charge is 0.462 e. The Labute approximate surface area is 125 Å². The van der Waals surface area contributed by atoms with Gasteiger partial charge in [-0.05, 0) is 13.0 Å². The Balaban J connectivity index is 3.30. The van der Waals surface area contributed by atoms with Crippen molar-refractivity contribution in [3.8, 4) is 0 Å². The van der Waals surface area contributed by atoms with Crippen molar-refractivity contribution in [2.45, 2.75) is 6.92 Å². The standard InChI is InChI=1S/C14H14ClF2NO3/c1-4-21-14(20)9(7-18(2)3)13(19)8-5-10(15)12(17)6-11(8)16/h5-7H,4H2,1-3H3/b9-7-. The minimum atomic E-state index is -1.10. The van der Waals surface area contributed by atoms with E-state index in [0.717, 1.165) is 6.07 Å². The Kier molecular flexibility index (Phi) is 5.84. The summed E-state index contributed by atoms with van der Waals surface area (Å²) in [5.41, 5.74) is -0.869. The van der Waals surface area contributed by atoms with Crippen LogP contribution in [0, 0.1) is 11.6 Å². The Hall–Kier alpha value is -1.95. The molecule has 1 aromatic carbocycles. The van der Waals surface area contributed by atoms with Gasteiger partial charge in [0.25, 0.3) is 0 Å². The number of rotatable bonds is 5. The van der Waals surface area contributed by atoms with Crippen LogP contribution >= 0.6 is 11.6 Å². The maximum absolute atomic E-state index is 13.7. The summed E-state index contributed by atoms with van der Waals surface area (Å²) >= 11 is 5.54. The van der Waals surface area contributed by atoms with Gasteiger partial charge in [-0.2, -0.15) is 0 Å². The quantitative estimate of drug-likeness (QED) is 0.209. The van der Waals surface area contributed by atoms with Crippen LogP contribution in [0.5, 0.6) is 0 Å². The van der Waals surface area contributed by atoms with Gasteiger partial charge < -0.3 is 9.64 Å². The van der Waals surface area contributed by atoms with Gasteiger partial charge >= 0.3 is 5.97 Å². The third-order valence-corrected chi connectivity index (χ3v) is 2.67.